The molecule has 0 aliphatic rings. The van der Waals surface area contributed by atoms with Crippen LogP contribution in [0.3, 0.4) is 0 Å². The summed E-state index contributed by atoms with van der Waals surface area (Å²) in [5.74, 6) is 0.151. The third kappa shape index (κ3) is 5.06. The molecule has 0 radical (unpaired) electrons. The number of benzene rings is 3. The van der Waals surface area contributed by atoms with Crippen molar-refractivity contribution in [2.45, 2.75) is 30.6 Å². The molecule has 3 rings (SSSR count). The van der Waals surface area contributed by atoms with Gasteiger partial charge in [0, 0.05) is 12.5 Å². The van der Waals surface area contributed by atoms with Gasteiger partial charge in [-0.05, 0) is 41.7 Å². The minimum atomic E-state index is -3.50. The largest absolute Gasteiger partial charge is 0.240 e. The zero-order chi connectivity index (χ0) is 19.1. The first-order chi connectivity index (χ1) is 13.1. The van der Waals surface area contributed by atoms with Gasteiger partial charge in [0.1, 0.15) is 0 Å². The summed E-state index contributed by atoms with van der Waals surface area (Å²) < 4.78 is 27.9. The lowest BCUT2D eigenvalue weighted by molar-refractivity contribution is 0.575. The van der Waals surface area contributed by atoms with Gasteiger partial charge in [0.15, 0.2) is 0 Å². The van der Waals surface area contributed by atoms with E-state index in [2.05, 4.69) is 35.9 Å². The summed E-state index contributed by atoms with van der Waals surface area (Å²) >= 11 is 0. The fourth-order valence-corrected chi connectivity index (χ4v) is 4.27. The van der Waals surface area contributed by atoms with Crippen molar-refractivity contribution in [2.75, 3.05) is 6.54 Å². The molecule has 27 heavy (non-hydrogen) atoms. The van der Waals surface area contributed by atoms with E-state index in [4.69, 9.17) is 0 Å². The number of aryl methyl sites for hydroxylation is 1. The molecule has 3 aromatic carbocycles. The smallest absolute Gasteiger partial charge is 0.211 e. The van der Waals surface area contributed by atoms with Crippen molar-refractivity contribution in [1.29, 1.82) is 0 Å². The number of hydrogen-bond acceptors (Lipinski definition) is 2. The molecule has 0 heterocycles. The van der Waals surface area contributed by atoms with Crippen LogP contribution in [-0.4, -0.2) is 15.0 Å². The van der Waals surface area contributed by atoms with E-state index in [1.54, 1.807) is 12.1 Å². The fraction of sp³-hybridized carbons (Fsp3) is 0.217. The summed E-state index contributed by atoms with van der Waals surface area (Å²) in [7, 11) is -3.50. The lowest BCUT2D eigenvalue weighted by atomic mass is 9.89. The van der Waals surface area contributed by atoms with Gasteiger partial charge in [-0.2, -0.15) is 0 Å². The second kappa shape index (κ2) is 8.98. The van der Waals surface area contributed by atoms with Gasteiger partial charge in [0.05, 0.1) is 4.90 Å². The van der Waals surface area contributed by atoms with Crippen molar-refractivity contribution in [3.63, 3.8) is 0 Å². The Morgan fingerprint density at radius 2 is 1.30 bits per heavy atom. The lowest BCUT2D eigenvalue weighted by Crippen LogP contribution is -2.26. The average molecular weight is 380 g/mol. The Kier molecular flexibility index (Phi) is 6.43. The molecule has 0 saturated heterocycles. The first-order valence-corrected chi connectivity index (χ1v) is 10.8. The second-order valence-corrected chi connectivity index (χ2v) is 8.32. The van der Waals surface area contributed by atoms with E-state index in [-0.39, 0.29) is 5.92 Å². The van der Waals surface area contributed by atoms with Crippen molar-refractivity contribution in [1.82, 2.24) is 4.72 Å². The molecular formula is C23H25NO2S. The number of sulfonamides is 1. The summed E-state index contributed by atoms with van der Waals surface area (Å²) in [6, 6.07) is 27.5. The van der Waals surface area contributed by atoms with Crippen molar-refractivity contribution in [3.8, 4) is 0 Å². The van der Waals surface area contributed by atoms with Crippen LogP contribution in [0.4, 0.5) is 0 Å². The van der Waals surface area contributed by atoms with Crippen LogP contribution in [0.5, 0.6) is 0 Å². The first-order valence-electron chi connectivity index (χ1n) is 9.28. The SMILES string of the molecule is CCc1ccc(S(=O)(=O)NCCC(c2ccccc2)c2ccccc2)cc1. The molecule has 0 aliphatic heterocycles. The summed E-state index contributed by atoms with van der Waals surface area (Å²) in [4.78, 5) is 0.315. The number of rotatable bonds is 8. The molecule has 3 aromatic rings. The highest BCUT2D eigenvalue weighted by Crippen LogP contribution is 2.27. The number of nitrogens with one attached hydrogen (secondary N) is 1. The van der Waals surface area contributed by atoms with Crippen LogP contribution in [0.1, 0.15) is 36.0 Å². The standard InChI is InChI=1S/C23H25NO2S/c1-2-19-13-15-22(16-14-19)27(25,26)24-18-17-23(20-9-5-3-6-10-20)21-11-7-4-8-12-21/h3-16,23-24H,2,17-18H2,1H3. The van der Waals surface area contributed by atoms with Gasteiger partial charge in [0.2, 0.25) is 10.0 Å². The number of hydrogen-bond donors (Lipinski definition) is 1. The van der Waals surface area contributed by atoms with Crippen LogP contribution in [-0.2, 0) is 16.4 Å². The van der Waals surface area contributed by atoms with Crippen molar-refractivity contribution in [2.24, 2.45) is 0 Å². The topological polar surface area (TPSA) is 46.2 Å². The van der Waals surface area contributed by atoms with Crippen LogP contribution < -0.4 is 4.72 Å². The highest BCUT2D eigenvalue weighted by molar-refractivity contribution is 7.89. The second-order valence-electron chi connectivity index (χ2n) is 6.56. The Bertz CT molecular complexity index is 897. The van der Waals surface area contributed by atoms with Crippen LogP contribution in [0, 0.1) is 0 Å². The highest BCUT2D eigenvalue weighted by atomic mass is 32.2. The minimum Gasteiger partial charge on any atom is -0.211 e. The van der Waals surface area contributed by atoms with Gasteiger partial charge in [-0.3, -0.25) is 0 Å². The maximum absolute atomic E-state index is 12.6. The highest BCUT2D eigenvalue weighted by Gasteiger charge is 2.17. The maximum Gasteiger partial charge on any atom is 0.240 e. The normalized spacial score (nSPS) is 11.6. The van der Waals surface area contributed by atoms with E-state index < -0.39 is 10.0 Å². The molecule has 0 bridgehead atoms. The Morgan fingerprint density at radius 3 is 1.78 bits per heavy atom. The summed E-state index contributed by atoms with van der Waals surface area (Å²) in [6.45, 7) is 2.43. The third-order valence-corrected chi connectivity index (χ3v) is 6.25. The molecular weight excluding hydrogens is 354 g/mol. The van der Waals surface area contributed by atoms with E-state index in [1.165, 1.54) is 11.1 Å². The molecule has 3 nitrogen and oxygen atoms in total. The van der Waals surface area contributed by atoms with Gasteiger partial charge in [-0.15, -0.1) is 0 Å². The molecule has 0 spiro atoms. The summed E-state index contributed by atoms with van der Waals surface area (Å²) in [5, 5.41) is 0. The quantitative estimate of drug-likeness (QED) is 0.614. The van der Waals surface area contributed by atoms with Gasteiger partial charge >= 0.3 is 0 Å². The van der Waals surface area contributed by atoms with E-state index in [0.717, 1.165) is 12.0 Å². The molecule has 1 N–H and O–H groups in total. The van der Waals surface area contributed by atoms with Gasteiger partial charge in [-0.25, -0.2) is 13.1 Å². The van der Waals surface area contributed by atoms with Crippen molar-refractivity contribution < 1.29 is 8.42 Å². The molecule has 0 unspecified atom stereocenters. The fourth-order valence-electron chi connectivity index (χ4n) is 3.22. The predicted molar refractivity (Wildman–Crippen MR) is 110 cm³/mol. The third-order valence-electron chi connectivity index (χ3n) is 4.77. The Hall–Kier alpha value is -2.43. The summed E-state index contributed by atoms with van der Waals surface area (Å²) in [5.41, 5.74) is 3.51. The molecule has 0 aromatic heterocycles. The monoisotopic (exact) mass is 379 g/mol. The molecule has 0 aliphatic carbocycles. The van der Waals surface area contributed by atoms with Crippen LogP contribution >= 0.6 is 0 Å². The van der Waals surface area contributed by atoms with Crippen LogP contribution in [0.25, 0.3) is 0 Å². The molecule has 4 heteroatoms. The Morgan fingerprint density at radius 1 is 0.778 bits per heavy atom. The van der Waals surface area contributed by atoms with Gasteiger partial charge < -0.3 is 0 Å². The van der Waals surface area contributed by atoms with Crippen LogP contribution in [0.2, 0.25) is 0 Å². The summed E-state index contributed by atoms with van der Waals surface area (Å²) in [6.07, 6.45) is 1.59. The zero-order valence-corrected chi connectivity index (χ0v) is 16.3. The van der Waals surface area contributed by atoms with Gasteiger partial charge in [0.25, 0.3) is 0 Å². The Balaban J connectivity index is 1.72. The van der Waals surface area contributed by atoms with E-state index in [1.807, 2.05) is 48.5 Å². The van der Waals surface area contributed by atoms with Crippen molar-refractivity contribution >= 4 is 10.0 Å². The molecule has 0 atom stereocenters. The van der Waals surface area contributed by atoms with Crippen LogP contribution in [0.15, 0.2) is 89.8 Å². The Labute approximate surface area is 162 Å². The average Bonchev–Trinajstić information content (AvgIpc) is 2.72. The van der Waals surface area contributed by atoms with E-state index in [0.29, 0.717) is 17.9 Å². The first kappa shape index (κ1) is 19.3. The molecule has 0 fully saturated rings. The van der Waals surface area contributed by atoms with E-state index in [9.17, 15) is 8.42 Å². The predicted octanol–water partition coefficient (Wildman–Crippen LogP) is 4.75. The van der Waals surface area contributed by atoms with Crippen molar-refractivity contribution in [3.05, 3.63) is 102 Å². The molecule has 0 saturated carbocycles. The lowest BCUT2D eigenvalue weighted by Gasteiger charge is -2.18. The molecule has 0 amide bonds. The zero-order valence-electron chi connectivity index (χ0n) is 15.5. The van der Waals surface area contributed by atoms with E-state index >= 15 is 0 Å². The minimum absolute atomic E-state index is 0.151. The maximum atomic E-state index is 12.6. The molecule has 140 valence electrons. The van der Waals surface area contributed by atoms with Gasteiger partial charge in [-0.1, -0.05) is 79.7 Å².